The molecule has 0 saturated carbocycles. The van der Waals surface area contributed by atoms with E-state index in [0.29, 0.717) is 18.9 Å². The molecule has 1 aromatic rings. The highest BCUT2D eigenvalue weighted by Crippen LogP contribution is 2.17. The van der Waals surface area contributed by atoms with Crippen LogP contribution in [0.4, 0.5) is 5.95 Å². The maximum absolute atomic E-state index is 12.2. The van der Waals surface area contributed by atoms with Gasteiger partial charge in [-0.25, -0.2) is 4.57 Å². The number of piperidine rings is 1. The molecule has 0 spiro atoms. The van der Waals surface area contributed by atoms with E-state index in [4.69, 9.17) is 5.73 Å². The topological polar surface area (TPSA) is 107 Å². The highest BCUT2D eigenvalue weighted by Gasteiger charge is 2.25. The van der Waals surface area contributed by atoms with Crippen molar-refractivity contribution in [3.63, 3.8) is 0 Å². The van der Waals surface area contributed by atoms with Gasteiger partial charge in [0.05, 0.1) is 12.6 Å². The van der Waals surface area contributed by atoms with Gasteiger partial charge in [-0.3, -0.25) is 4.79 Å². The predicted molar refractivity (Wildman–Crippen MR) is 83.7 cm³/mol. The molecule has 2 N–H and O–H groups in total. The zero-order chi connectivity index (χ0) is 15.4. The van der Waals surface area contributed by atoms with Crippen LogP contribution in [0.15, 0.2) is 12.4 Å². The Labute approximate surface area is 135 Å². The molecule has 9 heteroatoms. The van der Waals surface area contributed by atoms with Crippen molar-refractivity contribution in [2.75, 3.05) is 13.1 Å². The Balaban J connectivity index is 0.00000242. The summed E-state index contributed by atoms with van der Waals surface area (Å²) in [5.74, 6) is 0.366. The molecule has 8 nitrogen and oxygen atoms in total. The Morgan fingerprint density at radius 1 is 1.55 bits per heavy atom. The molecular weight excluding hydrogens is 310 g/mol. The first-order valence-electron chi connectivity index (χ1n) is 7.19. The highest BCUT2D eigenvalue weighted by atomic mass is 35.5. The van der Waals surface area contributed by atoms with Crippen LogP contribution in [0, 0.1) is 16.0 Å². The molecule has 1 aliphatic heterocycles. The third kappa shape index (κ3) is 4.41. The van der Waals surface area contributed by atoms with Gasteiger partial charge in [0.2, 0.25) is 5.91 Å². The van der Waals surface area contributed by atoms with Crippen molar-refractivity contribution in [2.45, 2.75) is 38.8 Å². The molecule has 1 aromatic heterocycles. The number of nitro groups is 1. The minimum atomic E-state index is -0.625. The number of carbonyl (C=O) groups is 1. The number of aryl methyl sites for hydroxylation is 1. The minimum absolute atomic E-state index is 0. The second-order valence-corrected chi connectivity index (χ2v) is 5.58. The third-order valence-electron chi connectivity index (χ3n) is 3.95. The van der Waals surface area contributed by atoms with Crippen LogP contribution >= 0.6 is 12.4 Å². The van der Waals surface area contributed by atoms with Gasteiger partial charge in [0.25, 0.3) is 0 Å². The SMILES string of the molecule is CC1CCN(C(=O)C(N)CCn2ccnc2[N+](=O)[O-])CC1.Cl. The molecular formula is C13H22ClN5O3. The van der Waals surface area contributed by atoms with Crippen LogP contribution in [0.1, 0.15) is 26.2 Å². The maximum Gasteiger partial charge on any atom is 0.434 e. The van der Waals surface area contributed by atoms with E-state index in [1.807, 2.05) is 0 Å². The number of nitrogens with zero attached hydrogens (tertiary/aromatic N) is 4. The van der Waals surface area contributed by atoms with Crippen molar-refractivity contribution >= 4 is 24.3 Å². The number of aromatic nitrogens is 2. The van der Waals surface area contributed by atoms with Gasteiger partial charge in [-0.15, -0.1) is 12.4 Å². The molecule has 1 saturated heterocycles. The number of carbonyl (C=O) groups excluding carboxylic acids is 1. The van der Waals surface area contributed by atoms with Crippen LogP contribution in [-0.2, 0) is 11.3 Å². The fraction of sp³-hybridized carbons (Fsp3) is 0.692. The largest absolute Gasteiger partial charge is 0.434 e. The molecule has 1 aliphatic rings. The van der Waals surface area contributed by atoms with Crippen LogP contribution in [0.5, 0.6) is 0 Å². The summed E-state index contributed by atoms with van der Waals surface area (Å²) >= 11 is 0. The van der Waals surface area contributed by atoms with Crippen LogP contribution in [-0.4, -0.2) is 44.4 Å². The van der Waals surface area contributed by atoms with Gasteiger partial charge in [0, 0.05) is 19.5 Å². The zero-order valence-corrected chi connectivity index (χ0v) is 13.4. The first-order valence-corrected chi connectivity index (χ1v) is 7.19. The van der Waals surface area contributed by atoms with Gasteiger partial charge in [-0.2, -0.15) is 0 Å². The van der Waals surface area contributed by atoms with Crippen molar-refractivity contribution in [2.24, 2.45) is 11.7 Å². The molecule has 22 heavy (non-hydrogen) atoms. The first-order chi connectivity index (χ1) is 9.99. The smallest absolute Gasteiger partial charge is 0.390 e. The molecule has 0 bridgehead atoms. The number of imidazole rings is 1. The number of amides is 1. The summed E-state index contributed by atoms with van der Waals surface area (Å²) < 4.78 is 1.41. The number of likely N-dealkylation sites (tertiary alicyclic amines) is 1. The summed E-state index contributed by atoms with van der Waals surface area (Å²) in [4.78, 5) is 27.9. The molecule has 124 valence electrons. The second-order valence-electron chi connectivity index (χ2n) is 5.58. The standard InChI is InChI=1S/C13H21N5O3.ClH/c1-10-2-6-16(7-3-10)12(19)11(14)4-8-17-9-5-15-13(17)18(20)21;/h5,9-11H,2-4,6-8,14H2,1H3;1H. The number of hydrogen-bond donors (Lipinski definition) is 1. The van der Waals surface area contributed by atoms with Gasteiger partial charge in [-0.1, -0.05) is 11.9 Å². The lowest BCUT2D eigenvalue weighted by molar-refractivity contribution is -0.396. The number of hydrogen-bond acceptors (Lipinski definition) is 5. The van der Waals surface area contributed by atoms with E-state index >= 15 is 0 Å². The Morgan fingerprint density at radius 3 is 2.77 bits per heavy atom. The first kappa shape index (κ1) is 18.4. The number of halogens is 1. The van der Waals surface area contributed by atoms with Crippen molar-refractivity contribution in [1.29, 1.82) is 0 Å². The summed E-state index contributed by atoms with van der Waals surface area (Å²) in [5.41, 5.74) is 5.93. The molecule has 0 radical (unpaired) electrons. The van der Waals surface area contributed by atoms with Crippen molar-refractivity contribution in [3.05, 3.63) is 22.5 Å². The Bertz CT molecular complexity index is 514. The molecule has 1 amide bonds. The summed E-state index contributed by atoms with van der Waals surface area (Å²) in [6.07, 6.45) is 5.27. The number of rotatable bonds is 5. The summed E-state index contributed by atoms with van der Waals surface area (Å²) in [5, 5.41) is 10.8. The van der Waals surface area contributed by atoms with Gasteiger partial charge in [-0.05, 0) is 23.7 Å². The van der Waals surface area contributed by atoms with Crippen LogP contribution < -0.4 is 5.73 Å². The lowest BCUT2D eigenvalue weighted by atomic mass is 9.98. The quantitative estimate of drug-likeness (QED) is 0.644. The number of nitrogens with two attached hydrogens (primary N) is 1. The monoisotopic (exact) mass is 331 g/mol. The van der Waals surface area contributed by atoms with Crippen molar-refractivity contribution < 1.29 is 9.72 Å². The van der Waals surface area contributed by atoms with Crippen molar-refractivity contribution in [1.82, 2.24) is 14.5 Å². The van der Waals surface area contributed by atoms with Gasteiger partial charge in [0.1, 0.15) is 12.4 Å². The minimum Gasteiger partial charge on any atom is -0.390 e. The molecule has 1 fully saturated rings. The molecule has 0 aromatic carbocycles. The predicted octanol–water partition coefficient (Wildman–Crippen LogP) is 1.19. The summed E-state index contributed by atoms with van der Waals surface area (Å²) in [7, 11) is 0. The van der Waals surface area contributed by atoms with E-state index in [-0.39, 0.29) is 24.3 Å². The molecule has 1 unspecified atom stereocenters. The lowest BCUT2D eigenvalue weighted by Gasteiger charge is -2.32. The van der Waals surface area contributed by atoms with Gasteiger partial charge >= 0.3 is 5.95 Å². The van der Waals surface area contributed by atoms with E-state index in [9.17, 15) is 14.9 Å². The van der Waals surface area contributed by atoms with Crippen LogP contribution in [0.3, 0.4) is 0 Å². The lowest BCUT2D eigenvalue weighted by Crippen LogP contribution is -2.47. The van der Waals surface area contributed by atoms with Crippen molar-refractivity contribution in [3.8, 4) is 0 Å². The average molecular weight is 332 g/mol. The summed E-state index contributed by atoms with van der Waals surface area (Å²) in [6.45, 7) is 3.99. The molecule has 2 heterocycles. The Hall–Kier alpha value is -1.67. The highest BCUT2D eigenvalue weighted by molar-refractivity contribution is 5.85. The maximum atomic E-state index is 12.2. The van der Waals surface area contributed by atoms with E-state index < -0.39 is 11.0 Å². The van der Waals surface area contributed by atoms with E-state index in [1.54, 1.807) is 4.90 Å². The fourth-order valence-corrected chi connectivity index (χ4v) is 2.51. The average Bonchev–Trinajstić information content (AvgIpc) is 2.93. The zero-order valence-electron chi connectivity index (χ0n) is 12.6. The Kier molecular flexibility index (Phi) is 6.76. The fourth-order valence-electron chi connectivity index (χ4n) is 2.51. The van der Waals surface area contributed by atoms with Gasteiger partial charge in [0.15, 0.2) is 0 Å². The second kappa shape index (κ2) is 8.09. The van der Waals surface area contributed by atoms with Crippen LogP contribution in [0.25, 0.3) is 0 Å². The summed E-state index contributed by atoms with van der Waals surface area (Å²) in [6, 6.07) is -0.625. The van der Waals surface area contributed by atoms with Crippen LogP contribution in [0.2, 0.25) is 0 Å². The third-order valence-corrected chi connectivity index (χ3v) is 3.95. The van der Waals surface area contributed by atoms with E-state index in [2.05, 4.69) is 11.9 Å². The Morgan fingerprint density at radius 2 is 2.18 bits per heavy atom. The molecule has 0 aliphatic carbocycles. The van der Waals surface area contributed by atoms with Gasteiger partial charge < -0.3 is 20.7 Å². The van der Waals surface area contributed by atoms with E-state index in [0.717, 1.165) is 25.9 Å². The molecule has 2 rings (SSSR count). The molecule has 1 atom stereocenters. The van der Waals surface area contributed by atoms with E-state index in [1.165, 1.54) is 17.0 Å². The normalized spacial score (nSPS) is 16.9.